The molecule has 0 aliphatic rings. The molecule has 126 valence electrons. The lowest BCUT2D eigenvalue weighted by molar-refractivity contribution is -0.114. The van der Waals surface area contributed by atoms with Gasteiger partial charge in [0.05, 0.1) is 6.61 Å². The fourth-order valence-electron chi connectivity index (χ4n) is 2.08. The van der Waals surface area contributed by atoms with Crippen molar-refractivity contribution in [1.29, 1.82) is 0 Å². The third-order valence-electron chi connectivity index (χ3n) is 3.35. The van der Waals surface area contributed by atoms with Crippen molar-refractivity contribution >= 4 is 23.2 Å². The molecular weight excluding hydrogens is 304 g/mol. The fraction of sp³-hybridized carbons (Fsp3) is 0.263. The molecule has 0 heterocycles. The molecule has 0 radical (unpaired) electrons. The minimum Gasteiger partial charge on any atom is -0.494 e. The van der Waals surface area contributed by atoms with Crippen molar-refractivity contribution in [2.24, 2.45) is 0 Å². The summed E-state index contributed by atoms with van der Waals surface area (Å²) in [6.07, 6.45) is 2.10. The molecule has 2 aromatic carbocycles. The van der Waals surface area contributed by atoms with Crippen LogP contribution in [0.5, 0.6) is 5.75 Å². The summed E-state index contributed by atoms with van der Waals surface area (Å²) in [5, 5.41) is 5.50. The second-order valence-corrected chi connectivity index (χ2v) is 5.44. The summed E-state index contributed by atoms with van der Waals surface area (Å²) in [4.78, 5) is 23.2. The van der Waals surface area contributed by atoms with Crippen molar-refractivity contribution in [2.75, 3.05) is 17.2 Å². The van der Waals surface area contributed by atoms with E-state index in [2.05, 4.69) is 17.6 Å². The Hall–Kier alpha value is -2.82. The van der Waals surface area contributed by atoms with Crippen molar-refractivity contribution in [3.05, 3.63) is 54.1 Å². The fourth-order valence-corrected chi connectivity index (χ4v) is 2.08. The van der Waals surface area contributed by atoms with E-state index >= 15 is 0 Å². The van der Waals surface area contributed by atoms with Crippen molar-refractivity contribution < 1.29 is 14.3 Å². The molecule has 0 unspecified atom stereocenters. The molecule has 0 aromatic heterocycles. The first-order valence-corrected chi connectivity index (χ1v) is 8.00. The molecule has 0 spiro atoms. The molecule has 0 saturated heterocycles. The van der Waals surface area contributed by atoms with E-state index in [1.54, 1.807) is 48.5 Å². The van der Waals surface area contributed by atoms with Gasteiger partial charge in [-0.25, -0.2) is 0 Å². The Morgan fingerprint density at radius 3 is 2.04 bits per heavy atom. The maximum absolute atomic E-state index is 12.2. The van der Waals surface area contributed by atoms with E-state index in [1.165, 1.54) is 6.92 Å². The smallest absolute Gasteiger partial charge is 0.255 e. The van der Waals surface area contributed by atoms with E-state index in [0.29, 0.717) is 23.5 Å². The molecule has 5 heteroatoms. The van der Waals surface area contributed by atoms with E-state index in [9.17, 15) is 9.59 Å². The highest BCUT2D eigenvalue weighted by molar-refractivity contribution is 6.04. The lowest BCUT2D eigenvalue weighted by atomic mass is 10.2. The third kappa shape index (κ3) is 5.43. The summed E-state index contributed by atoms with van der Waals surface area (Å²) in [6, 6.07) is 14.0. The molecule has 0 atom stereocenters. The largest absolute Gasteiger partial charge is 0.494 e. The molecule has 0 bridgehead atoms. The van der Waals surface area contributed by atoms with Crippen molar-refractivity contribution in [1.82, 2.24) is 0 Å². The van der Waals surface area contributed by atoms with Gasteiger partial charge >= 0.3 is 0 Å². The van der Waals surface area contributed by atoms with Gasteiger partial charge in [0, 0.05) is 23.9 Å². The van der Waals surface area contributed by atoms with Crippen LogP contribution in [-0.4, -0.2) is 18.4 Å². The zero-order valence-corrected chi connectivity index (χ0v) is 14.0. The van der Waals surface area contributed by atoms with E-state index in [0.717, 1.165) is 18.6 Å². The minimum absolute atomic E-state index is 0.131. The number of ether oxygens (including phenoxy) is 1. The van der Waals surface area contributed by atoms with Gasteiger partial charge in [-0.05, 0) is 55.0 Å². The van der Waals surface area contributed by atoms with E-state index < -0.39 is 0 Å². The average molecular weight is 326 g/mol. The molecule has 2 rings (SSSR count). The normalized spacial score (nSPS) is 10.1. The number of hydrogen-bond acceptors (Lipinski definition) is 3. The highest BCUT2D eigenvalue weighted by atomic mass is 16.5. The number of carbonyl (C=O) groups excluding carboxylic acids is 2. The predicted octanol–water partition coefficient (Wildman–Crippen LogP) is 4.08. The van der Waals surface area contributed by atoms with Crippen LogP contribution >= 0.6 is 0 Å². The zero-order valence-electron chi connectivity index (χ0n) is 14.0. The van der Waals surface area contributed by atoms with Crippen LogP contribution in [0.25, 0.3) is 0 Å². The summed E-state index contributed by atoms with van der Waals surface area (Å²) in [5.74, 6) is 0.440. The van der Waals surface area contributed by atoms with Crippen molar-refractivity contribution in [2.45, 2.75) is 26.7 Å². The molecule has 0 saturated carbocycles. The lowest BCUT2D eigenvalue weighted by Gasteiger charge is -2.08. The number of hydrogen-bond donors (Lipinski definition) is 2. The van der Waals surface area contributed by atoms with E-state index in [1.807, 2.05) is 0 Å². The maximum Gasteiger partial charge on any atom is 0.255 e. The third-order valence-corrected chi connectivity index (χ3v) is 3.35. The highest BCUT2D eigenvalue weighted by Crippen LogP contribution is 2.16. The summed E-state index contributed by atoms with van der Waals surface area (Å²) < 4.78 is 5.58. The standard InChI is InChI=1S/C19H22N2O3/c1-3-4-13-24-18-11-5-15(6-12-18)19(23)21-17-9-7-16(8-10-17)20-14(2)22/h5-12H,3-4,13H2,1-2H3,(H,20,22)(H,21,23). The van der Waals surface area contributed by atoms with Gasteiger partial charge in [0.1, 0.15) is 5.75 Å². The average Bonchev–Trinajstić information content (AvgIpc) is 2.57. The lowest BCUT2D eigenvalue weighted by Crippen LogP contribution is -2.12. The Bertz CT molecular complexity index is 679. The molecule has 2 aromatic rings. The van der Waals surface area contributed by atoms with E-state index in [4.69, 9.17) is 4.74 Å². The predicted molar refractivity (Wildman–Crippen MR) is 95.5 cm³/mol. The molecular formula is C19H22N2O3. The Balaban J connectivity index is 1.93. The Morgan fingerprint density at radius 1 is 0.917 bits per heavy atom. The molecule has 0 fully saturated rings. The van der Waals surface area contributed by atoms with Crippen LogP contribution in [0.3, 0.4) is 0 Å². The monoisotopic (exact) mass is 326 g/mol. The Kier molecular flexibility index (Phi) is 6.37. The van der Waals surface area contributed by atoms with Gasteiger partial charge in [-0.3, -0.25) is 9.59 Å². The molecule has 24 heavy (non-hydrogen) atoms. The van der Waals surface area contributed by atoms with Gasteiger partial charge in [0.15, 0.2) is 0 Å². The molecule has 0 aliphatic heterocycles. The van der Waals surface area contributed by atoms with Crippen molar-refractivity contribution in [3.63, 3.8) is 0 Å². The minimum atomic E-state index is -0.192. The number of anilines is 2. The van der Waals surface area contributed by atoms with Gasteiger partial charge in [-0.15, -0.1) is 0 Å². The zero-order chi connectivity index (χ0) is 17.4. The van der Waals surface area contributed by atoms with Gasteiger partial charge in [0.2, 0.25) is 5.91 Å². The highest BCUT2D eigenvalue weighted by Gasteiger charge is 2.06. The summed E-state index contributed by atoms with van der Waals surface area (Å²) in [7, 11) is 0. The number of amides is 2. The van der Waals surface area contributed by atoms with Gasteiger partial charge < -0.3 is 15.4 Å². The second kappa shape index (κ2) is 8.72. The van der Waals surface area contributed by atoms with E-state index in [-0.39, 0.29) is 11.8 Å². The van der Waals surface area contributed by atoms with Crippen LogP contribution < -0.4 is 15.4 Å². The van der Waals surface area contributed by atoms with Gasteiger partial charge in [0.25, 0.3) is 5.91 Å². The van der Waals surface area contributed by atoms with Gasteiger partial charge in [-0.2, -0.15) is 0 Å². The molecule has 2 amide bonds. The second-order valence-electron chi connectivity index (χ2n) is 5.44. The van der Waals surface area contributed by atoms with Crippen LogP contribution in [0.1, 0.15) is 37.0 Å². The van der Waals surface area contributed by atoms with Gasteiger partial charge in [-0.1, -0.05) is 13.3 Å². The van der Waals surface area contributed by atoms with Crippen LogP contribution in [0.15, 0.2) is 48.5 Å². The molecule has 5 nitrogen and oxygen atoms in total. The maximum atomic E-state index is 12.2. The number of nitrogens with one attached hydrogen (secondary N) is 2. The quantitative estimate of drug-likeness (QED) is 0.754. The first-order chi connectivity index (χ1) is 11.6. The Labute approximate surface area is 142 Å². The number of benzene rings is 2. The molecule has 0 aliphatic carbocycles. The Morgan fingerprint density at radius 2 is 1.50 bits per heavy atom. The SMILES string of the molecule is CCCCOc1ccc(C(=O)Nc2ccc(NC(C)=O)cc2)cc1. The van der Waals surface area contributed by atoms with Crippen LogP contribution in [0.4, 0.5) is 11.4 Å². The topological polar surface area (TPSA) is 67.4 Å². The first kappa shape index (κ1) is 17.5. The number of unbranched alkanes of at least 4 members (excludes halogenated alkanes) is 1. The van der Waals surface area contributed by atoms with Crippen LogP contribution in [0, 0.1) is 0 Å². The van der Waals surface area contributed by atoms with Crippen LogP contribution in [0.2, 0.25) is 0 Å². The number of carbonyl (C=O) groups is 2. The van der Waals surface area contributed by atoms with Crippen LogP contribution in [-0.2, 0) is 4.79 Å². The summed E-state index contributed by atoms with van der Waals surface area (Å²) in [5.41, 5.74) is 1.91. The summed E-state index contributed by atoms with van der Waals surface area (Å²) >= 11 is 0. The molecule has 2 N–H and O–H groups in total. The number of rotatable bonds is 7. The summed E-state index contributed by atoms with van der Waals surface area (Å²) in [6.45, 7) is 4.24. The first-order valence-electron chi connectivity index (χ1n) is 8.00. The van der Waals surface area contributed by atoms with Crippen molar-refractivity contribution in [3.8, 4) is 5.75 Å².